The van der Waals surface area contributed by atoms with E-state index in [1.54, 1.807) is 42.5 Å². The first-order valence-electron chi connectivity index (χ1n) is 10.1. The summed E-state index contributed by atoms with van der Waals surface area (Å²) in [6, 6.07) is 21.5. The molecule has 0 aliphatic heterocycles. The minimum Gasteiger partial charge on any atom is -0.325 e. The van der Waals surface area contributed by atoms with Gasteiger partial charge in [0.2, 0.25) is 5.91 Å². The largest absolute Gasteiger partial charge is 0.325 e. The number of benzene rings is 3. The average molecular weight is 439 g/mol. The molecule has 1 amide bonds. The highest BCUT2D eigenvalue weighted by molar-refractivity contribution is 7.99. The smallest absolute Gasteiger partial charge is 0.234 e. The third kappa shape index (κ3) is 3.59. The Morgan fingerprint density at radius 2 is 1.50 bits per heavy atom. The molecule has 32 heavy (non-hydrogen) atoms. The SMILES string of the molecule is Cc1cc(SCC(=O)Nc2ccc3c(c2)C(=O)c2ccccc2C3=O)nc2ccccc12. The molecule has 1 aliphatic carbocycles. The molecule has 1 aromatic heterocycles. The van der Waals surface area contributed by atoms with Crippen molar-refractivity contribution in [3.05, 3.63) is 101 Å². The van der Waals surface area contributed by atoms with Crippen LogP contribution in [-0.2, 0) is 4.79 Å². The average Bonchev–Trinajstić information content (AvgIpc) is 2.81. The summed E-state index contributed by atoms with van der Waals surface area (Å²) in [6.45, 7) is 2.03. The Balaban J connectivity index is 1.31. The van der Waals surface area contributed by atoms with Crippen LogP contribution in [0.2, 0.25) is 0 Å². The monoisotopic (exact) mass is 438 g/mol. The van der Waals surface area contributed by atoms with Crippen LogP contribution >= 0.6 is 11.8 Å². The number of nitrogens with zero attached hydrogens (tertiary/aromatic N) is 1. The normalized spacial score (nSPS) is 12.4. The van der Waals surface area contributed by atoms with Gasteiger partial charge in [0.1, 0.15) is 0 Å². The molecular weight excluding hydrogens is 420 g/mol. The van der Waals surface area contributed by atoms with E-state index < -0.39 is 0 Å². The van der Waals surface area contributed by atoms with Gasteiger partial charge in [-0.2, -0.15) is 0 Å². The molecule has 0 atom stereocenters. The third-order valence-electron chi connectivity index (χ3n) is 5.46. The van der Waals surface area contributed by atoms with Crippen molar-refractivity contribution in [2.24, 2.45) is 0 Å². The number of thioether (sulfide) groups is 1. The number of anilines is 1. The first-order chi connectivity index (χ1) is 15.5. The summed E-state index contributed by atoms with van der Waals surface area (Å²) in [5, 5.41) is 4.69. The number of aryl methyl sites for hydroxylation is 1. The van der Waals surface area contributed by atoms with Crippen molar-refractivity contribution in [3.8, 4) is 0 Å². The summed E-state index contributed by atoms with van der Waals surface area (Å²) in [7, 11) is 0. The summed E-state index contributed by atoms with van der Waals surface area (Å²) in [5.74, 6) is -0.423. The van der Waals surface area contributed by atoms with Crippen LogP contribution in [0.4, 0.5) is 5.69 Å². The molecule has 0 saturated heterocycles. The van der Waals surface area contributed by atoms with Gasteiger partial charge in [-0.3, -0.25) is 14.4 Å². The zero-order valence-corrected chi connectivity index (χ0v) is 18.0. The summed E-state index contributed by atoms with van der Waals surface area (Å²) < 4.78 is 0. The maximum atomic E-state index is 12.9. The molecule has 156 valence electrons. The minimum atomic E-state index is -0.212. The number of fused-ring (bicyclic) bond motifs is 3. The second-order valence-corrected chi connectivity index (χ2v) is 8.59. The lowest BCUT2D eigenvalue weighted by Gasteiger charge is -2.18. The van der Waals surface area contributed by atoms with Gasteiger partial charge in [-0.25, -0.2) is 4.98 Å². The van der Waals surface area contributed by atoms with Crippen LogP contribution in [0.15, 0.2) is 77.8 Å². The van der Waals surface area contributed by atoms with Gasteiger partial charge in [0.15, 0.2) is 11.6 Å². The number of pyridine rings is 1. The molecule has 0 unspecified atom stereocenters. The second-order valence-electron chi connectivity index (χ2n) is 7.60. The molecule has 1 aliphatic rings. The first-order valence-corrected chi connectivity index (χ1v) is 11.1. The van der Waals surface area contributed by atoms with E-state index in [1.165, 1.54) is 11.8 Å². The first kappa shape index (κ1) is 20.2. The van der Waals surface area contributed by atoms with Crippen molar-refractivity contribution in [1.82, 2.24) is 4.98 Å². The van der Waals surface area contributed by atoms with Gasteiger partial charge in [-0.05, 0) is 42.8 Å². The van der Waals surface area contributed by atoms with Crippen LogP contribution in [0.3, 0.4) is 0 Å². The molecule has 5 rings (SSSR count). The van der Waals surface area contributed by atoms with Gasteiger partial charge in [0.05, 0.1) is 16.3 Å². The Hall–Kier alpha value is -3.77. The van der Waals surface area contributed by atoms with Crippen molar-refractivity contribution >= 4 is 45.8 Å². The van der Waals surface area contributed by atoms with Crippen LogP contribution in [0.25, 0.3) is 10.9 Å². The number of carbonyl (C=O) groups is 3. The fourth-order valence-electron chi connectivity index (χ4n) is 3.91. The van der Waals surface area contributed by atoms with Gasteiger partial charge in [-0.15, -0.1) is 0 Å². The number of amides is 1. The van der Waals surface area contributed by atoms with Gasteiger partial charge in [0.25, 0.3) is 0 Å². The molecule has 0 fully saturated rings. The number of nitrogens with one attached hydrogen (secondary N) is 1. The maximum Gasteiger partial charge on any atom is 0.234 e. The van der Waals surface area contributed by atoms with Crippen molar-refractivity contribution in [1.29, 1.82) is 0 Å². The van der Waals surface area contributed by atoms with E-state index in [1.807, 2.05) is 37.3 Å². The molecular formula is C26H18N2O3S. The maximum absolute atomic E-state index is 12.9. The number of para-hydroxylation sites is 1. The Kier molecular flexibility index (Phi) is 5.07. The van der Waals surface area contributed by atoms with Gasteiger partial charge in [0, 0.05) is 33.3 Å². The number of hydrogen-bond acceptors (Lipinski definition) is 5. The van der Waals surface area contributed by atoms with Crippen LogP contribution in [0.5, 0.6) is 0 Å². The fraction of sp³-hybridized carbons (Fsp3) is 0.0769. The van der Waals surface area contributed by atoms with E-state index in [4.69, 9.17) is 0 Å². The lowest BCUT2D eigenvalue weighted by molar-refractivity contribution is -0.113. The molecule has 5 nitrogen and oxygen atoms in total. The van der Waals surface area contributed by atoms with E-state index in [0.29, 0.717) is 27.9 Å². The Labute approximate surface area is 188 Å². The minimum absolute atomic E-state index is 0.178. The molecule has 6 heteroatoms. The lowest BCUT2D eigenvalue weighted by atomic mass is 9.84. The van der Waals surface area contributed by atoms with Crippen molar-refractivity contribution < 1.29 is 14.4 Å². The van der Waals surface area contributed by atoms with Gasteiger partial charge >= 0.3 is 0 Å². The Morgan fingerprint density at radius 1 is 0.844 bits per heavy atom. The molecule has 1 N–H and O–H groups in total. The molecule has 0 radical (unpaired) electrons. The summed E-state index contributed by atoms with van der Waals surface area (Å²) >= 11 is 1.35. The number of ketones is 2. The van der Waals surface area contributed by atoms with E-state index in [2.05, 4.69) is 10.3 Å². The predicted octanol–water partition coefficient (Wildman–Crippen LogP) is 5.05. The second kappa shape index (κ2) is 8.05. The highest BCUT2D eigenvalue weighted by Crippen LogP contribution is 2.29. The number of carbonyl (C=O) groups excluding carboxylic acids is 3. The number of rotatable bonds is 4. The molecule has 0 bridgehead atoms. The van der Waals surface area contributed by atoms with E-state index in [9.17, 15) is 14.4 Å². The standard InChI is InChI=1S/C26H18N2O3S/c1-15-12-24(28-22-9-5-4-6-17(15)22)32-14-23(29)27-16-10-11-20-21(13-16)26(31)19-8-3-2-7-18(19)25(20)30/h2-13H,14H2,1H3,(H,27,29). The van der Waals surface area contributed by atoms with Crippen LogP contribution in [-0.4, -0.2) is 28.2 Å². The molecule has 3 aromatic carbocycles. The Morgan fingerprint density at radius 3 is 2.28 bits per heavy atom. The summed E-state index contributed by atoms with van der Waals surface area (Å²) in [5.41, 5.74) is 3.96. The van der Waals surface area contributed by atoms with Crippen LogP contribution in [0.1, 0.15) is 37.4 Å². The number of hydrogen-bond donors (Lipinski definition) is 1. The molecule has 1 heterocycles. The van der Waals surface area contributed by atoms with E-state index in [0.717, 1.165) is 21.5 Å². The zero-order valence-electron chi connectivity index (χ0n) is 17.2. The van der Waals surface area contributed by atoms with Gasteiger partial charge in [-0.1, -0.05) is 54.2 Å². The molecule has 0 spiro atoms. The van der Waals surface area contributed by atoms with E-state index in [-0.39, 0.29) is 23.2 Å². The topological polar surface area (TPSA) is 76.1 Å². The number of aromatic nitrogens is 1. The summed E-state index contributed by atoms with van der Waals surface area (Å²) in [6.07, 6.45) is 0. The lowest BCUT2D eigenvalue weighted by Crippen LogP contribution is -2.21. The highest BCUT2D eigenvalue weighted by atomic mass is 32.2. The van der Waals surface area contributed by atoms with Gasteiger partial charge < -0.3 is 5.32 Å². The van der Waals surface area contributed by atoms with Crippen molar-refractivity contribution in [3.63, 3.8) is 0 Å². The highest BCUT2D eigenvalue weighted by Gasteiger charge is 2.29. The zero-order chi connectivity index (χ0) is 22.2. The quantitative estimate of drug-likeness (QED) is 0.398. The molecule has 4 aromatic rings. The van der Waals surface area contributed by atoms with Crippen LogP contribution < -0.4 is 5.32 Å². The van der Waals surface area contributed by atoms with E-state index >= 15 is 0 Å². The van der Waals surface area contributed by atoms with Crippen molar-refractivity contribution in [2.75, 3.05) is 11.1 Å². The summed E-state index contributed by atoms with van der Waals surface area (Å²) in [4.78, 5) is 42.7. The predicted molar refractivity (Wildman–Crippen MR) is 126 cm³/mol. The van der Waals surface area contributed by atoms with Crippen LogP contribution in [0, 0.1) is 6.92 Å². The third-order valence-corrected chi connectivity index (χ3v) is 6.37. The van der Waals surface area contributed by atoms with Crippen molar-refractivity contribution in [2.45, 2.75) is 11.9 Å². The fourth-order valence-corrected chi connectivity index (χ4v) is 4.68. The molecule has 0 saturated carbocycles. The Bertz CT molecular complexity index is 1430.